The number of aliphatic hydroxyl groups is 1. The van der Waals surface area contributed by atoms with Crippen LogP contribution in [0.15, 0.2) is 11.4 Å². The van der Waals surface area contributed by atoms with E-state index >= 15 is 0 Å². The Bertz CT molecular complexity index is 385. The Morgan fingerprint density at radius 2 is 2.40 bits per heavy atom. The average molecular weight is 337 g/mol. The number of carbonyl (C=O) groups excluding carboxylic acids is 1. The zero-order chi connectivity index (χ0) is 11.1. The van der Waals surface area contributed by atoms with Crippen molar-refractivity contribution in [2.24, 2.45) is 0 Å². The number of nitrogens with zero attached hydrogens (tertiary/aromatic N) is 1. The molecule has 1 aliphatic heterocycles. The molecule has 0 radical (unpaired) electrons. The van der Waals surface area contributed by atoms with Crippen molar-refractivity contribution < 1.29 is 9.90 Å². The third-order valence-electron chi connectivity index (χ3n) is 2.73. The molecule has 82 valence electrons. The van der Waals surface area contributed by atoms with Crippen LogP contribution >= 0.6 is 33.9 Å². The third-order valence-corrected chi connectivity index (χ3v) is 4.52. The van der Waals surface area contributed by atoms with Crippen LogP contribution in [0.2, 0.25) is 0 Å². The number of β-amino-alcohol motifs (C(OH)–C–C–N with tert-alkyl or cyclic N) is 1. The van der Waals surface area contributed by atoms with E-state index in [2.05, 4.69) is 22.6 Å². The van der Waals surface area contributed by atoms with E-state index in [1.165, 1.54) is 0 Å². The van der Waals surface area contributed by atoms with E-state index in [0.717, 1.165) is 8.45 Å². The van der Waals surface area contributed by atoms with Gasteiger partial charge in [0.2, 0.25) is 0 Å². The van der Waals surface area contributed by atoms with Gasteiger partial charge in [0.25, 0.3) is 5.91 Å². The van der Waals surface area contributed by atoms with Crippen molar-refractivity contribution in [3.05, 3.63) is 19.9 Å². The normalized spacial score (nSPS) is 18.7. The molecule has 2 heterocycles. The van der Waals surface area contributed by atoms with Crippen LogP contribution in [0.25, 0.3) is 0 Å². The van der Waals surface area contributed by atoms with E-state index in [1.54, 1.807) is 16.2 Å². The average Bonchev–Trinajstić information content (AvgIpc) is 2.59. The first-order valence-corrected chi connectivity index (χ1v) is 6.75. The van der Waals surface area contributed by atoms with Crippen LogP contribution in [-0.4, -0.2) is 34.6 Å². The lowest BCUT2D eigenvalue weighted by Crippen LogP contribution is -2.63. The summed E-state index contributed by atoms with van der Waals surface area (Å²) in [5.41, 5.74) is 0.0984. The fraction of sp³-hybridized carbons (Fsp3) is 0.500. The molecule has 3 nitrogen and oxygen atoms in total. The second-order valence-corrected chi connectivity index (χ2v) is 6.68. The SMILES string of the molecule is CCC1(O)CN(C(=O)c2csc(I)c2)C1. The molecule has 1 amide bonds. The summed E-state index contributed by atoms with van der Waals surface area (Å²) in [6.07, 6.45) is 0.706. The monoisotopic (exact) mass is 337 g/mol. The number of halogens is 1. The zero-order valence-electron chi connectivity index (χ0n) is 8.36. The fourth-order valence-electron chi connectivity index (χ4n) is 1.64. The number of amides is 1. The summed E-state index contributed by atoms with van der Waals surface area (Å²) < 4.78 is 1.11. The van der Waals surface area contributed by atoms with Gasteiger partial charge in [-0.15, -0.1) is 11.3 Å². The highest BCUT2D eigenvalue weighted by Crippen LogP contribution is 2.27. The molecule has 1 saturated heterocycles. The quantitative estimate of drug-likeness (QED) is 0.838. The van der Waals surface area contributed by atoms with Gasteiger partial charge in [-0.25, -0.2) is 0 Å². The maximum atomic E-state index is 11.9. The van der Waals surface area contributed by atoms with Crippen LogP contribution in [0.4, 0.5) is 0 Å². The molecule has 0 spiro atoms. The molecule has 0 saturated carbocycles. The van der Waals surface area contributed by atoms with E-state index in [9.17, 15) is 9.90 Å². The Morgan fingerprint density at radius 1 is 1.73 bits per heavy atom. The molecule has 15 heavy (non-hydrogen) atoms. The van der Waals surface area contributed by atoms with Crippen LogP contribution in [0.1, 0.15) is 23.7 Å². The van der Waals surface area contributed by atoms with Gasteiger partial charge in [0.05, 0.1) is 27.1 Å². The first-order valence-electron chi connectivity index (χ1n) is 4.80. The van der Waals surface area contributed by atoms with Crippen LogP contribution in [0.5, 0.6) is 0 Å². The van der Waals surface area contributed by atoms with Gasteiger partial charge < -0.3 is 10.0 Å². The van der Waals surface area contributed by atoms with Crippen molar-refractivity contribution in [2.75, 3.05) is 13.1 Å². The van der Waals surface area contributed by atoms with Crippen molar-refractivity contribution in [3.8, 4) is 0 Å². The summed E-state index contributed by atoms with van der Waals surface area (Å²) in [7, 11) is 0. The first-order chi connectivity index (χ1) is 7.04. The molecule has 0 bridgehead atoms. The van der Waals surface area contributed by atoms with Gasteiger partial charge in [0, 0.05) is 5.38 Å². The summed E-state index contributed by atoms with van der Waals surface area (Å²) in [6, 6.07) is 1.89. The maximum absolute atomic E-state index is 11.9. The third kappa shape index (κ3) is 2.19. The summed E-state index contributed by atoms with van der Waals surface area (Å²) in [6.45, 7) is 2.87. The Labute approximate surface area is 106 Å². The van der Waals surface area contributed by atoms with Crippen molar-refractivity contribution >= 4 is 39.8 Å². The zero-order valence-corrected chi connectivity index (χ0v) is 11.3. The van der Waals surface area contributed by atoms with E-state index in [0.29, 0.717) is 19.5 Å². The summed E-state index contributed by atoms with van der Waals surface area (Å²) in [5, 5.41) is 11.7. The second kappa shape index (κ2) is 4.03. The van der Waals surface area contributed by atoms with Crippen molar-refractivity contribution in [1.82, 2.24) is 4.90 Å². The predicted octanol–water partition coefficient (Wildman–Crippen LogP) is 1.95. The van der Waals surface area contributed by atoms with Crippen molar-refractivity contribution in [1.29, 1.82) is 0 Å². The molecular weight excluding hydrogens is 325 g/mol. The van der Waals surface area contributed by atoms with E-state index in [1.807, 2.05) is 18.4 Å². The number of hydrogen-bond acceptors (Lipinski definition) is 3. The van der Waals surface area contributed by atoms with Gasteiger partial charge in [-0.2, -0.15) is 0 Å². The maximum Gasteiger partial charge on any atom is 0.254 e. The van der Waals surface area contributed by atoms with Crippen molar-refractivity contribution in [2.45, 2.75) is 18.9 Å². The van der Waals surface area contributed by atoms with Gasteiger partial charge in [-0.3, -0.25) is 4.79 Å². The van der Waals surface area contributed by atoms with Crippen LogP contribution < -0.4 is 0 Å². The van der Waals surface area contributed by atoms with E-state index < -0.39 is 5.60 Å². The highest BCUT2D eigenvalue weighted by atomic mass is 127. The Morgan fingerprint density at radius 3 is 2.87 bits per heavy atom. The summed E-state index contributed by atoms with van der Waals surface area (Å²) in [4.78, 5) is 13.6. The summed E-state index contributed by atoms with van der Waals surface area (Å²) in [5.74, 6) is 0.0345. The van der Waals surface area contributed by atoms with Gasteiger partial charge in [0.15, 0.2) is 0 Å². The van der Waals surface area contributed by atoms with Crippen LogP contribution in [0.3, 0.4) is 0 Å². The number of hydrogen-bond donors (Lipinski definition) is 1. The molecule has 1 aromatic rings. The molecule has 1 aromatic heterocycles. The molecule has 1 fully saturated rings. The lowest BCUT2D eigenvalue weighted by molar-refractivity contribution is -0.0826. The van der Waals surface area contributed by atoms with E-state index in [-0.39, 0.29) is 5.91 Å². The van der Waals surface area contributed by atoms with Gasteiger partial charge in [0.1, 0.15) is 0 Å². The second-order valence-electron chi connectivity index (χ2n) is 3.88. The Kier molecular flexibility index (Phi) is 3.05. The Hall–Kier alpha value is -0.140. The predicted molar refractivity (Wildman–Crippen MR) is 68.2 cm³/mol. The molecule has 0 aliphatic carbocycles. The summed E-state index contributed by atoms with van der Waals surface area (Å²) >= 11 is 3.77. The molecular formula is C10H12INO2S. The highest BCUT2D eigenvalue weighted by Gasteiger charge is 2.42. The van der Waals surface area contributed by atoms with Gasteiger partial charge in [-0.1, -0.05) is 6.92 Å². The molecule has 2 rings (SSSR count). The largest absolute Gasteiger partial charge is 0.386 e. The minimum atomic E-state index is -0.640. The lowest BCUT2D eigenvalue weighted by atomic mass is 9.91. The molecule has 1 N–H and O–H groups in total. The van der Waals surface area contributed by atoms with Crippen LogP contribution in [-0.2, 0) is 0 Å². The minimum absolute atomic E-state index is 0.0345. The Balaban J connectivity index is 2.00. The van der Waals surface area contributed by atoms with Crippen molar-refractivity contribution in [3.63, 3.8) is 0 Å². The number of likely N-dealkylation sites (tertiary alicyclic amines) is 1. The lowest BCUT2D eigenvalue weighted by Gasteiger charge is -2.46. The number of thiophene rings is 1. The molecule has 0 aromatic carbocycles. The molecule has 0 atom stereocenters. The smallest absolute Gasteiger partial charge is 0.254 e. The standard InChI is InChI=1S/C10H12INO2S/c1-2-10(14)5-12(6-10)9(13)7-3-8(11)15-4-7/h3-4,14H,2,5-6H2,1H3. The minimum Gasteiger partial charge on any atom is -0.386 e. The number of rotatable bonds is 2. The van der Waals surface area contributed by atoms with Crippen LogP contribution in [0, 0.1) is 2.88 Å². The van der Waals surface area contributed by atoms with Gasteiger partial charge >= 0.3 is 0 Å². The van der Waals surface area contributed by atoms with Gasteiger partial charge in [-0.05, 0) is 35.1 Å². The molecule has 5 heteroatoms. The molecule has 1 aliphatic rings. The topological polar surface area (TPSA) is 40.5 Å². The fourth-order valence-corrected chi connectivity index (χ4v) is 2.96. The molecule has 0 unspecified atom stereocenters. The highest BCUT2D eigenvalue weighted by molar-refractivity contribution is 14.1. The number of carbonyl (C=O) groups is 1. The van der Waals surface area contributed by atoms with E-state index in [4.69, 9.17) is 0 Å². The first kappa shape index (κ1) is 11.3.